The fourth-order valence-electron chi connectivity index (χ4n) is 1.08. The van der Waals surface area contributed by atoms with Crippen LogP contribution in [-0.4, -0.2) is 10.2 Å². The Morgan fingerprint density at radius 3 is 2.53 bits per heavy atom. The van der Waals surface area contributed by atoms with Gasteiger partial charge in [0.25, 0.3) is 0 Å². The van der Waals surface area contributed by atoms with Crippen LogP contribution in [0.15, 0.2) is 36.4 Å². The first-order valence-electron chi connectivity index (χ1n) is 4.48. The van der Waals surface area contributed by atoms with Crippen molar-refractivity contribution < 1.29 is 4.74 Å². The van der Waals surface area contributed by atoms with E-state index < -0.39 is 0 Å². The molecule has 76 valence electrons. The van der Waals surface area contributed by atoms with Crippen molar-refractivity contribution in [3.8, 4) is 11.6 Å². The molecule has 0 fully saturated rings. The van der Waals surface area contributed by atoms with Crippen molar-refractivity contribution in [2.24, 2.45) is 0 Å². The minimum absolute atomic E-state index is 0.518. The quantitative estimate of drug-likeness (QED) is 0.799. The average molecular weight is 312 g/mol. The lowest BCUT2D eigenvalue weighted by Gasteiger charge is -2.05. The molecule has 0 saturated carbocycles. The molecular formula is C11H9IN2O. The highest BCUT2D eigenvalue weighted by Crippen LogP contribution is 2.24. The molecular weight excluding hydrogens is 303 g/mol. The fourth-order valence-corrected chi connectivity index (χ4v) is 1.58. The van der Waals surface area contributed by atoms with Gasteiger partial charge in [-0.2, -0.15) is 5.10 Å². The van der Waals surface area contributed by atoms with E-state index in [0.717, 1.165) is 15.0 Å². The predicted molar refractivity (Wildman–Crippen MR) is 66.0 cm³/mol. The van der Waals surface area contributed by atoms with E-state index in [-0.39, 0.29) is 0 Å². The third kappa shape index (κ3) is 2.65. The van der Waals surface area contributed by atoms with Gasteiger partial charge in [-0.25, -0.2) is 0 Å². The Hall–Kier alpha value is -1.17. The van der Waals surface area contributed by atoms with Crippen LogP contribution in [0.4, 0.5) is 0 Å². The standard InChI is InChI=1S/C11H9IN2O/c1-8-6-7-11(14-13-8)15-10-5-3-2-4-9(10)12/h2-7H,1H3. The van der Waals surface area contributed by atoms with E-state index in [2.05, 4.69) is 32.8 Å². The first-order chi connectivity index (χ1) is 7.25. The molecule has 0 atom stereocenters. The number of para-hydroxylation sites is 1. The predicted octanol–water partition coefficient (Wildman–Crippen LogP) is 3.18. The van der Waals surface area contributed by atoms with Crippen LogP contribution >= 0.6 is 22.6 Å². The van der Waals surface area contributed by atoms with E-state index >= 15 is 0 Å². The highest BCUT2D eigenvalue weighted by molar-refractivity contribution is 14.1. The number of nitrogens with zero attached hydrogens (tertiary/aromatic N) is 2. The molecule has 2 aromatic rings. The van der Waals surface area contributed by atoms with E-state index in [9.17, 15) is 0 Å². The maximum absolute atomic E-state index is 5.58. The van der Waals surface area contributed by atoms with Crippen LogP contribution in [0.1, 0.15) is 5.69 Å². The van der Waals surface area contributed by atoms with Gasteiger partial charge in [-0.15, -0.1) is 5.10 Å². The molecule has 0 aliphatic rings. The highest BCUT2D eigenvalue weighted by atomic mass is 127. The summed E-state index contributed by atoms with van der Waals surface area (Å²) in [5, 5.41) is 7.87. The Balaban J connectivity index is 2.22. The summed E-state index contributed by atoms with van der Waals surface area (Å²) in [5.74, 6) is 1.32. The van der Waals surface area contributed by atoms with E-state index in [1.807, 2.05) is 43.3 Å². The van der Waals surface area contributed by atoms with Crippen LogP contribution in [0.2, 0.25) is 0 Å². The summed E-state index contributed by atoms with van der Waals surface area (Å²) in [6.45, 7) is 1.89. The molecule has 4 heteroatoms. The summed E-state index contributed by atoms with van der Waals surface area (Å²) in [6, 6.07) is 11.5. The molecule has 2 rings (SSSR count). The molecule has 0 saturated heterocycles. The van der Waals surface area contributed by atoms with Crippen LogP contribution < -0.4 is 4.74 Å². The highest BCUT2D eigenvalue weighted by Gasteiger charge is 2.02. The van der Waals surface area contributed by atoms with Crippen LogP contribution in [-0.2, 0) is 0 Å². The Labute approximate surface area is 102 Å². The van der Waals surface area contributed by atoms with Crippen molar-refractivity contribution in [3.05, 3.63) is 45.7 Å². The SMILES string of the molecule is Cc1ccc(Oc2ccccc2I)nn1. The number of aromatic nitrogens is 2. The Morgan fingerprint density at radius 2 is 1.87 bits per heavy atom. The number of hydrogen-bond donors (Lipinski definition) is 0. The van der Waals surface area contributed by atoms with Crippen LogP contribution in [0, 0.1) is 10.5 Å². The van der Waals surface area contributed by atoms with Gasteiger partial charge in [0, 0.05) is 6.07 Å². The zero-order valence-corrected chi connectivity index (χ0v) is 10.3. The second-order valence-electron chi connectivity index (χ2n) is 3.05. The summed E-state index contributed by atoms with van der Waals surface area (Å²) < 4.78 is 6.64. The third-order valence-electron chi connectivity index (χ3n) is 1.82. The lowest BCUT2D eigenvalue weighted by atomic mass is 10.3. The van der Waals surface area contributed by atoms with Crippen molar-refractivity contribution >= 4 is 22.6 Å². The molecule has 1 aromatic carbocycles. The van der Waals surface area contributed by atoms with Crippen molar-refractivity contribution in [1.29, 1.82) is 0 Å². The summed E-state index contributed by atoms with van der Waals surface area (Å²) in [4.78, 5) is 0. The maximum atomic E-state index is 5.58. The Morgan fingerprint density at radius 1 is 1.07 bits per heavy atom. The topological polar surface area (TPSA) is 35.0 Å². The van der Waals surface area contributed by atoms with Gasteiger partial charge < -0.3 is 4.74 Å². The number of halogens is 1. The van der Waals surface area contributed by atoms with Gasteiger partial charge in [-0.3, -0.25) is 0 Å². The number of hydrogen-bond acceptors (Lipinski definition) is 3. The first-order valence-corrected chi connectivity index (χ1v) is 5.56. The minimum Gasteiger partial charge on any atom is -0.436 e. The molecule has 3 nitrogen and oxygen atoms in total. The molecule has 1 heterocycles. The van der Waals surface area contributed by atoms with Gasteiger partial charge >= 0.3 is 0 Å². The third-order valence-corrected chi connectivity index (χ3v) is 2.72. The van der Waals surface area contributed by atoms with Gasteiger partial charge in [0.15, 0.2) is 0 Å². The lowest BCUT2D eigenvalue weighted by Crippen LogP contribution is -1.92. The van der Waals surface area contributed by atoms with Crippen LogP contribution in [0.25, 0.3) is 0 Å². The molecule has 0 aliphatic heterocycles. The molecule has 0 bridgehead atoms. The smallest absolute Gasteiger partial charge is 0.238 e. The summed E-state index contributed by atoms with van der Waals surface area (Å²) in [5.41, 5.74) is 0.880. The van der Waals surface area contributed by atoms with Gasteiger partial charge in [-0.05, 0) is 47.7 Å². The van der Waals surface area contributed by atoms with Gasteiger partial charge in [0.05, 0.1) is 9.26 Å². The Kier molecular flexibility index (Phi) is 3.15. The monoisotopic (exact) mass is 312 g/mol. The number of ether oxygens (including phenoxy) is 1. The summed E-state index contributed by atoms with van der Waals surface area (Å²) >= 11 is 2.22. The van der Waals surface area contributed by atoms with E-state index in [0.29, 0.717) is 5.88 Å². The van der Waals surface area contributed by atoms with Crippen LogP contribution in [0.3, 0.4) is 0 Å². The zero-order valence-electron chi connectivity index (χ0n) is 8.14. The number of rotatable bonds is 2. The van der Waals surface area contributed by atoms with Gasteiger partial charge in [0.1, 0.15) is 5.75 Å². The molecule has 1 aromatic heterocycles. The molecule has 0 spiro atoms. The molecule has 0 aliphatic carbocycles. The summed E-state index contributed by atoms with van der Waals surface area (Å²) in [7, 11) is 0. The van der Waals surface area contributed by atoms with Gasteiger partial charge in [-0.1, -0.05) is 12.1 Å². The zero-order chi connectivity index (χ0) is 10.7. The second kappa shape index (κ2) is 4.57. The van der Waals surface area contributed by atoms with Crippen molar-refractivity contribution in [3.63, 3.8) is 0 Å². The molecule has 0 N–H and O–H groups in total. The molecule has 0 unspecified atom stereocenters. The minimum atomic E-state index is 0.518. The largest absolute Gasteiger partial charge is 0.436 e. The fraction of sp³-hybridized carbons (Fsp3) is 0.0909. The van der Waals surface area contributed by atoms with E-state index in [4.69, 9.17) is 4.74 Å². The van der Waals surface area contributed by atoms with E-state index in [1.165, 1.54) is 0 Å². The molecule has 0 radical (unpaired) electrons. The van der Waals surface area contributed by atoms with Crippen molar-refractivity contribution in [2.45, 2.75) is 6.92 Å². The van der Waals surface area contributed by atoms with Crippen molar-refractivity contribution in [2.75, 3.05) is 0 Å². The van der Waals surface area contributed by atoms with Gasteiger partial charge in [0.2, 0.25) is 5.88 Å². The first kappa shape index (κ1) is 10.4. The maximum Gasteiger partial charge on any atom is 0.238 e. The van der Waals surface area contributed by atoms with Crippen molar-refractivity contribution in [1.82, 2.24) is 10.2 Å². The normalized spacial score (nSPS) is 10.0. The Bertz CT molecular complexity index is 456. The van der Waals surface area contributed by atoms with Crippen LogP contribution in [0.5, 0.6) is 11.6 Å². The molecule has 0 amide bonds. The molecule has 15 heavy (non-hydrogen) atoms. The lowest BCUT2D eigenvalue weighted by molar-refractivity contribution is 0.451. The number of aryl methyl sites for hydroxylation is 1. The average Bonchev–Trinajstić information content (AvgIpc) is 2.25. The number of benzene rings is 1. The van der Waals surface area contributed by atoms with E-state index in [1.54, 1.807) is 0 Å². The second-order valence-corrected chi connectivity index (χ2v) is 4.21. The summed E-state index contributed by atoms with van der Waals surface area (Å²) in [6.07, 6.45) is 0.